The number of amides is 1. The predicted molar refractivity (Wildman–Crippen MR) is 90.0 cm³/mol. The number of carbonyl (C=O) groups excluding carboxylic acids is 1. The summed E-state index contributed by atoms with van der Waals surface area (Å²) in [5.74, 6) is -0.814. The van der Waals surface area contributed by atoms with Crippen molar-refractivity contribution in [3.8, 4) is 11.3 Å². The second kappa shape index (κ2) is 7.48. The van der Waals surface area contributed by atoms with Crippen LogP contribution in [0.4, 0.5) is 4.39 Å². The molecule has 0 fully saturated rings. The number of carbonyl (C=O) groups is 1. The van der Waals surface area contributed by atoms with E-state index in [0.717, 1.165) is 10.2 Å². The first-order chi connectivity index (χ1) is 12.1. The number of aromatic nitrogens is 3. The van der Waals surface area contributed by atoms with E-state index in [1.807, 2.05) is 6.07 Å². The molecule has 1 N–H and O–H groups in total. The Hall–Kier alpha value is -3.35. The number of pyridine rings is 1. The molecular formula is C18H15FN4O2. The van der Waals surface area contributed by atoms with Gasteiger partial charge in [-0.15, -0.1) is 0 Å². The van der Waals surface area contributed by atoms with Crippen LogP contribution in [0.15, 0.2) is 65.7 Å². The maximum atomic E-state index is 13.9. The summed E-state index contributed by atoms with van der Waals surface area (Å²) in [7, 11) is 0. The van der Waals surface area contributed by atoms with E-state index in [4.69, 9.17) is 0 Å². The van der Waals surface area contributed by atoms with Crippen molar-refractivity contribution in [3.05, 3.63) is 82.7 Å². The van der Waals surface area contributed by atoms with Crippen molar-refractivity contribution < 1.29 is 9.18 Å². The molecule has 25 heavy (non-hydrogen) atoms. The maximum absolute atomic E-state index is 13.9. The van der Waals surface area contributed by atoms with Crippen molar-refractivity contribution in [2.75, 3.05) is 0 Å². The highest BCUT2D eigenvalue weighted by molar-refractivity contribution is 5.75. The van der Waals surface area contributed by atoms with Crippen LogP contribution >= 0.6 is 0 Å². The number of nitrogens with one attached hydrogen (secondary N) is 1. The maximum Gasteiger partial charge on any atom is 0.267 e. The van der Waals surface area contributed by atoms with Gasteiger partial charge in [0.05, 0.1) is 5.69 Å². The minimum Gasteiger partial charge on any atom is -0.350 e. The van der Waals surface area contributed by atoms with Gasteiger partial charge in [0.2, 0.25) is 5.91 Å². The molecule has 0 radical (unpaired) electrons. The van der Waals surface area contributed by atoms with Crippen LogP contribution in [0.3, 0.4) is 0 Å². The quantitative estimate of drug-likeness (QED) is 0.769. The third-order valence-corrected chi connectivity index (χ3v) is 3.52. The third kappa shape index (κ3) is 4.14. The number of hydrogen-bond acceptors (Lipinski definition) is 4. The molecule has 0 atom stereocenters. The van der Waals surface area contributed by atoms with Crippen molar-refractivity contribution in [1.82, 2.24) is 20.1 Å². The lowest BCUT2D eigenvalue weighted by Gasteiger charge is -2.08. The fourth-order valence-corrected chi connectivity index (χ4v) is 2.27. The zero-order chi connectivity index (χ0) is 17.6. The topological polar surface area (TPSA) is 76.9 Å². The average Bonchev–Trinajstić information content (AvgIpc) is 2.63. The Morgan fingerprint density at radius 1 is 1.12 bits per heavy atom. The molecule has 6 nitrogen and oxygen atoms in total. The van der Waals surface area contributed by atoms with Crippen LogP contribution < -0.4 is 10.9 Å². The van der Waals surface area contributed by atoms with Gasteiger partial charge >= 0.3 is 0 Å². The number of halogens is 1. The molecule has 1 amide bonds. The lowest BCUT2D eigenvalue weighted by atomic mass is 10.1. The van der Waals surface area contributed by atoms with Gasteiger partial charge in [-0.2, -0.15) is 5.10 Å². The number of nitrogens with zero attached hydrogens (tertiary/aromatic N) is 3. The summed E-state index contributed by atoms with van der Waals surface area (Å²) in [6.45, 7) is 0.0514. The second-order valence-corrected chi connectivity index (χ2v) is 5.33. The summed E-state index contributed by atoms with van der Waals surface area (Å²) in [6, 6.07) is 12.4. The highest BCUT2D eigenvalue weighted by Crippen LogP contribution is 2.18. The van der Waals surface area contributed by atoms with Gasteiger partial charge in [-0.25, -0.2) is 9.07 Å². The molecule has 1 aromatic carbocycles. The fourth-order valence-electron chi connectivity index (χ4n) is 2.27. The molecule has 0 aliphatic carbocycles. The molecule has 0 saturated heterocycles. The fraction of sp³-hybridized carbons (Fsp3) is 0.111. The largest absolute Gasteiger partial charge is 0.350 e. The predicted octanol–water partition coefficient (Wildman–Crippen LogP) is 1.76. The molecule has 0 aliphatic rings. The summed E-state index contributed by atoms with van der Waals surface area (Å²) in [5.41, 5.74) is 0.970. The van der Waals surface area contributed by atoms with E-state index < -0.39 is 11.4 Å². The first-order valence-corrected chi connectivity index (χ1v) is 7.62. The molecule has 0 aliphatic heterocycles. The zero-order valence-electron chi connectivity index (χ0n) is 13.2. The van der Waals surface area contributed by atoms with Crippen molar-refractivity contribution >= 4 is 5.91 Å². The smallest absolute Gasteiger partial charge is 0.267 e. The van der Waals surface area contributed by atoms with Crippen LogP contribution in [-0.4, -0.2) is 20.7 Å². The van der Waals surface area contributed by atoms with E-state index in [0.29, 0.717) is 6.54 Å². The van der Waals surface area contributed by atoms with Crippen molar-refractivity contribution in [1.29, 1.82) is 0 Å². The van der Waals surface area contributed by atoms with E-state index in [1.54, 1.807) is 36.7 Å². The van der Waals surface area contributed by atoms with Crippen molar-refractivity contribution in [2.24, 2.45) is 0 Å². The lowest BCUT2D eigenvalue weighted by Crippen LogP contribution is -2.33. The van der Waals surface area contributed by atoms with E-state index >= 15 is 0 Å². The molecule has 126 valence electrons. The van der Waals surface area contributed by atoms with Crippen LogP contribution in [0.25, 0.3) is 11.3 Å². The van der Waals surface area contributed by atoms with Gasteiger partial charge in [0.15, 0.2) is 0 Å². The minimum absolute atomic E-state index is 0.249. The monoisotopic (exact) mass is 338 g/mol. The standard InChI is InChI=1S/C18H15FN4O2/c19-15-6-2-1-5-14(15)16-7-8-18(25)23(22-16)12-17(24)21-11-13-4-3-9-20-10-13/h1-10H,11-12H2,(H,21,24). The normalized spacial score (nSPS) is 10.4. The molecule has 0 saturated carbocycles. The molecule has 2 heterocycles. The highest BCUT2D eigenvalue weighted by Gasteiger charge is 2.10. The van der Waals surface area contributed by atoms with Crippen molar-refractivity contribution in [2.45, 2.75) is 13.1 Å². The van der Waals surface area contributed by atoms with E-state index in [9.17, 15) is 14.0 Å². The summed E-state index contributed by atoms with van der Waals surface area (Å²) >= 11 is 0. The van der Waals surface area contributed by atoms with Crippen LogP contribution in [0.2, 0.25) is 0 Å². The first-order valence-electron chi connectivity index (χ1n) is 7.62. The van der Waals surface area contributed by atoms with Gasteiger partial charge in [-0.1, -0.05) is 18.2 Å². The summed E-state index contributed by atoms with van der Waals surface area (Å²) < 4.78 is 14.9. The van der Waals surface area contributed by atoms with Crippen molar-refractivity contribution in [3.63, 3.8) is 0 Å². The lowest BCUT2D eigenvalue weighted by molar-refractivity contribution is -0.122. The van der Waals surface area contributed by atoms with Gasteiger partial charge in [-0.05, 0) is 29.8 Å². The molecule has 3 rings (SSSR count). The molecule has 0 bridgehead atoms. The summed E-state index contributed by atoms with van der Waals surface area (Å²) in [4.78, 5) is 27.9. The van der Waals surface area contributed by atoms with Gasteiger partial charge < -0.3 is 5.32 Å². The van der Waals surface area contributed by atoms with Crippen LogP contribution in [0.5, 0.6) is 0 Å². The highest BCUT2D eigenvalue weighted by atomic mass is 19.1. The molecule has 2 aromatic heterocycles. The average molecular weight is 338 g/mol. The van der Waals surface area contributed by atoms with E-state index in [-0.39, 0.29) is 23.7 Å². The summed E-state index contributed by atoms with van der Waals surface area (Å²) in [5, 5.41) is 6.78. The van der Waals surface area contributed by atoms with E-state index in [1.165, 1.54) is 18.2 Å². The van der Waals surface area contributed by atoms with Crippen LogP contribution in [-0.2, 0) is 17.9 Å². The molecule has 0 spiro atoms. The van der Waals surface area contributed by atoms with E-state index in [2.05, 4.69) is 15.4 Å². The molecular weight excluding hydrogens is 323 g/mol. The SMILES string of the molecule is O=C(Cn1nc(-c2ccccc2F)ccc1=O)NCc1cccnc1. The minimum atomic E-state index is -0.443. The number of benzene rings is 1. The number of rotatable bonds is 5. The number of hydrogen-bond donors (Lipinski definition) is 1. The van der Waals surface area contributed by atoms with Gasteiger partial charge in [0.1, 0.15) is 12.4 Å². The third-order valence-electron chi connectivity index (χ3n) is 3.52. The van der Waals surface area contributed by atoms with Crippen LogP contribution in [0, 0.1) is 5.82 Å². The Balaban J connectivity index is 1.74. The van der Waals surface area contributed by atoms with Gasteiger partial charge in [0.25, 0.3) is 5.56 Å². The Morgan fingerprint density at radius 3 is 2.72 bits per heavy atom. The molecule has 0 unspecified atom stereocenters. The van der Waals surface area contributed by atoms with Gasteiger partial charge in [-0.3, -0.25) is 14.6 Å². The zero-order valence-corrected chi connectivity index (χ0v) is 13.2. The Morgan fingerprint density at radius 2 is 1.96 bits per heavy atom. The Kier molecular flexibility index (Phi) is 4.94. The molecule has 3 aromatic rings. The second-order valence-electron chi connectivity index (χ2n) is 5.33. The summed E-state index contributed by atoms with van der Waals surface area (Å²) in [6.07, 6.45) is 3.28. The molecule has 7 heteroatoms. The Bertz CT molecular complexity index is 941. The van der Waals surface area contributed by atoms with Crippen LogP contribution in [0.1, 0.15) is 5.56 Å². The Labute approximate surface area is 143 Å². The first kappa shape index (κ1) is 16.5. The van der Waals surface area contributed by atoms with Gasteiger partial charge in [0, 0.05) is 30.6 Å².